The van der Waals surface area contributed by atoms with Gasteiger partial charge in [0.15, 0.2) is 18.9 Å². The summed E-state index contributed by atoms with van der Waals surface area (Å²) in [6, 6.07) is 1.70. The van der Waals surface area contributed by atoms with Crippen LogP contribution in [0.5, 0.6) is 0 Å². The fourth-order valence-electron chi connectivity index (χ4n) is 1.22. The van der Waals surface area contributed by atoms with Crippen molar-refractivity contribution in [2.75, 3.05) is 0 Å². The second-order valence-corrected chi connectivity index (χ2v) is 3.69. The molecule has 0 bridgehead atoms. The summed E-state index contributed by atoms with van der Waals surface area (Å²) in [7, 11) is 0. The van der Waals surface area contributed by atoms with Crippen LogP contribution in [-0.4, -0.2) is 17.6 Å². The normalized spacial score (nSPS) is 25.6. The van der Waals surface area contributed by atoms with Crippen LogP contribution < -0.4 is 0 Å². The molecule has 2 heterocycles. The number of carbonyl (C=O) groups excluding carboxylic acids is 1. The van der Waals surface area contributed by atoms with Crippen molar-refractivity contribution in [1.29, 1.82) is 0 Å². The van der Waals surface area contributed by atoms with E-state index >= 15 is 0 Å². The van der Waals surface area contributed by atoms with Crippen LogP contribution in [-0.2, 0) is 9.47 Å². The zero-order chi connectivity index (χ0) is 10.1. The van der Waals surface area contributed by atoms with Gasteiger partial charge in [-0.25, -0.2) is 4.98 Å². The van der Waals surface area contributed by atoms with Crippen LogP contribution >= 0.6 is 15.9 Å². The molecule has 0 amide bonds. The molecule has 4 nitrogen and oxygen atoms in total. The molecule has 0 aliphatic carbocycles. The molecule has 1 aliphatic rings. The van der Waals surface area contributed by atoms with Crippen molar-refractivity contribution >= 4 is 22.2 Å². The summed E-state index contributed by atoms with van der Waals surface area (Å²) in [5.41, 5.74) is 1.25. The number of hydrogen-bond donors (Lipinski definition) is 0. The van der Waals surface area contributed by atoms with Crippen LogP contribution in [0.3, 0.4) is 0 Å². The molecule has 0 N–H and O–H groups in total. The second-order valence-electron chi connectivity index (χ2n) is 2.94. The maximum absolute atomic E-state index is 10.5. The van der Waals surface area contributed by atoms with Gasteiger partial charge in [0.1, 0.15) is 4.60 Å². The van der Waals surface area contributed by atoms with Crippen molar-refractivity contribution in [2.45, 2.75) is 19.5 Å². The number of pyridine rings is 1. The van der Waals surface area contributed by atoms with Crippen LogP contribution in [0.4, 0.5) is 0 Å². The lowest BCUT2D eigenvalue weighted by Crippen LogP contribution is -2.32. The predicted octanol–water partition coefficient (Wildman–Crippen LogP) is 2.05. The van der Waals surface area contributed by atoms with E-state index in [0.29, 0.717) is 10.2 Å². The molecule has 0 radical (unpaired) electrons. The average Bonchev–Trinajstić information content (AvgIpc) is 2.14. The van der Waals surface area contributed by atoms with E-state index in [2.05, 4.69) is 20.9 Å². The van der Waals surface area contributed by atoms with Crippen molar-refractivity contribution in [3.63, 3.8) is 0 Å². The van der Waals surface area contributed by atoms with Gasteiger partial charge in [-0.05, 0) is 28.9 Å². The highest BCUT2D eigenvalue weighted by Crippen LogP contribution is 2.34. The smallest absolute Gasteiger partial charge is 0.192 e. The molecule has 1 aromatic rings. The lowest BCUT2D eigenvalue weighted by Gasteiger charge is -2.34. The minimum atomic E-state index is -0.410. The fraction of sp³-hybridized carbons (Fsp3) is 0.333. The molecule has 5 heteroatoms. The van der Waals surface area contributed by atoms with Crippen LogP contribution in [0.2, 0.25) is 0 Å². The Morgan fingerprint density at radius 2 is 2.29 bits per heavy atom. The predicted molar refractivity (Wildman–Crippen MR) is 51.7 cm³/mol. The summed E-state index contributed by atoms with van der Waals surface area (Å²) >= 11 is 3.27. The summed E-state index contributed by atoms with van der Waals surface area (Å²) < 4.78 is 11.2. The first-order valence-electron chi connectivity index (χ1n) is 4.12. The van der Waals surface area contributed by atoms with E-state index in [1.54, 1.807) is 13.0 Å². The zero-order valence-electron chi connectivity index (χ0n) is 7.44. The Labute approximate surface area is 89.4 Å². The van der Waals surface area contributed by atoms with Crippen LogP contribution in [0.1, 0.15) is 29.1 Å². The lowest BCUT2D eigenvalue weighted by molar-refractivity contribution is -0.382. The summed E-state index contributed by atoms with van der Waals surface area (Å²) in [5.74, 6) is 0. The van der Waals surface area contributed by atoms with Gasteiger partial charge in [-0.15, -0.1) is 0 Å². The van der Waals surface area contributed by atoms with Crippen molar-refractivity contribution in [3.05, 3.63) is 28.0 Å². The third kappa shape index (κ3) is 1.70. The Hall–Kier alpha value is -0.780. The van der Waals surface area contributed by atoms with E-state index in [-0.39, 0.29) is 6.29 Å². The Bertz CT molecular complexity index is 363. The van der Waals surface area contributed by atoms with Gasteiger partial charge < -0.3 is 9.47 Å². The molecule has 1 saturated heterocycles. The number of carbonyl (C=O) groups is 1. The molecular weight excluding hydrogens is 250 g/mol. The van der Waals surface area contributed by atoms with E-state index in [4.69, 9.17) is 9.47 Å². The third-order valence-corrected chi connectivity index (χ3v) is 2.57. The highest BCUT2D eigenvalue weighted by Gasteiger charge is 2.30. The Balaban J connectivity index is 2.27. The molecule has 0 atom stereocenters. The van der Waals surface area contributed by atoms with Gasteiger partial charge in [-0.2, -0.15) is 0 Å². The number of rotatable bonds is 2. The largest absolute Gasteiger partial charge is 0.319 e. The topological polar surface area (TPSA) is 48.4 Å². The van der Waals surface area contributed by atoms with Crippen molar-refractivity contribution < 1.29 is 14.3 Å². The SMILES string of the molecule is CC1OC(c2cc(C=O)cnc2Br)O1. The van der Waals surface area contributed by atoms with E-state index < -0.39 is 6.29 Å². The molecule has 1 fully saturated rings. The zero-order valence-corrected chi connectivity index (χ0v) is 9.02. The van der Waals surface area contributed by atoms with Gasteiger partial charge in [0.05, 0.1) is 0 Å². The Morgan fingerprint density at radius 3 is 2.86 bits per heavy atom. The molecule has 14 heavy (non-hydrogen) atoms. The maximum atomic E-state index is 10.5. The summed E-state index contributed by atoms with van der Waals surface area (Å²) in [6.45, 7) is 1.81. The van der Waals surface area contributed by atoms with Gasteiger partial charge >= 0.3 is 0 Å². The highest BCUT2D eigenvalue weighted by atomic mass is 79.9. The number of halogens is 1. The molecule has 2 rings (SSSR count). The second kappa shape index (κ2) is 3.76. The van der Waals surface area contributed by atoms with E-state index in [1.807, 2.05) is 0 Å². The first-order chi connectivity index (χ1) is 6.70. The van der Waals surface area contributed by atoms with E-state index in [9.17, 15) is 4.79 Å². The van der Waals surface area contributed by atoms with E-state index in [0.717, 1.165) is 11.8 Å². The first kappa shape index (κ1) is 9.76. The third-order valence-electron chi connectivity index (χ3n) is 1.91. The van der Waals surface area contributed by atoms with Crippen LogP contribution in [0.25, 0.3) is 0 Å². The molecule has 0 saturated carbocycles. The quantitative estimate of drug-likeness (QED) is 0.601. The van der Waals surface area contributed by atoms with Crippen molar-refractivity contribution in [1.82, 2.24) is 4.98 Å². The standard InChI is InChI=1S/C9H8BrNO3/c1-5-13-9(14-5)7-2-6(4-12)3-11-8(7)10/h2-5,9H,1H3. The molecule has 0 spiro atoms. The number of aromatic nitrogens is 1. The Kier molecular flexibility index (Phi) is 2.62. The van der Waals surface area contributed by atoms with Gasteiger partial charge in [0.25, 0.3) is 0 Å². The molecular formula is C9H8BrNO3. The monoisotopic (exact) mass is 257 g/mol. The summed E-state index contributed by atoms with van der Waals surface area (Å²) in [4.78, 5) is 14.5. The lowest BCUT2D eigenvalue weighted by atomic mass is 10.2. The minimum absolute atomic E-state index is 0.188. The number of aldehydes is 1. The van der Waals surface area contributed by atoms with Crippen LogP contribution in [0, 0.1) is 0 Å². The summed E-state index contributed by atoms with van der Waals surface area (Å²) in [5, 5.41) is 0. The van der Waals surface area contributed by atoms with Gasteiger partial charge in [0.2, 0.25) is 0 Å². The number of hydrogen-bond acceptors (Lipinski definition) is 4. The number of nitrogens with zero attached hydrogens (tertiary/aromatic N) is 1. The Morgan fingerprint density at radius 1 is 1.57 bits per heavy atom. The van der Waals surface area contributed by atoms with Gasteiger partial charge in [-0.3, -0.25) is 4.79 Å². The van der Waals surface area contributed by atoms with Crippen LogP contribution in [0.15, 0.2) is 16.9 Å². The van der Waals surface area contributed by atoms with E-state index in [1.165, 1.54) is 6.20 Å². The first-order valence-corrected chi connectivity index (χ1v) is 4.91. The molecule has 1 aliphatic heterocycles. The molecule has 0 aromatic carbocycles. The molecule has 0 unspecified atom stereocenters. The van der Waals surface area contributed by atoms with Gasteiger partial charge in [-0.1, -0.05) is 0 Å². The molecule has 74 valence electrons. The average molecular weight is 258 g/mol. The van der Waals surface area contributed by atoms with Crippen molar-refractivity contribution in [2.24, 2.45) is 0 Å². The number of ether oxygens (including phenoxy) is 2. The van der Waals surface area contributed by atoms with Crippen molar-refractivity contribution in [3.8, 4) is 0 Å². The molecule has 1 aromatic heterocycles. The fourth-order valence-corrected chi connectivity index (χ4v) is 1.62. The minimum Gasteiger partial charge on any atom is -0.319 e. The van der Waals surface area contributed by atoms with Gasteiger partial charge in [0, 0.05) is 17.3 Å². The maximum Gasteiger partial charge on any atom is 0.192 e. The summed E-state index contributed by atoms with van der Waals surface area (Å²) in [6.07, 6.45) is 1.63. The highest BCUT2D eigenvalue weighted by molar-refractivity contribution is 9.10.